The van der Waals surface area contributed by atoms with Gasteiger partial charge in [0.2, 0.25) is 5.91 Å². The van der Waals surface area contributed by atoms with E-state index in [-0.39, 0.29) is 24.0 Å². The molecule has 110 valence electrons. The maximum absolute atomic E-state index is 11.4. The van der Waals surface area contributed by atoms with Crippen LogP contribution in [0.4, 0.5) is 4.79 Å². The van der Waals surface area contributed by atoms with Crippen LogP contribution in [0.2, 0.25) is 0 Å². The molecule has 0 saturated carbocycles. The summed E-state index contributed by atoms with van der Waals surface area (Å²) in [6, 6.07) is 2.78. The fraction of sp³-hybridized carbons (Fsp3) is 0.417. The van der Waals surface area contributed by atoms with Crippen molar-refractivity contribution in [3.05, 3.63) is 24.2 Å². The van der Waals surface area contributed by atoms with Crippen molar-refractivity contribution >= 4 is 29.7 Å². The van der Waals surface area contributed by atoms with E-state index in [2.05, 4.69) is 10.6 Å². The predicted molar refractivity (Wildman–Crippen MR) is 73.3 cm³/mol. The Balaban J connectivity index is 2.17. The summed E-state index contributed by atoms with van der Waals surface area (Å²) in [5.41, 5.74) is 0. The molecule has 0 aliphatic rings. The number of carbonyl (C=O) groups is 3. The normalized spacial score (nSPS) is 11.7. The van der Waals surface area contributed by atoms with Gasteiger partial charge in [-0.2, -0.15) is 0 Å². The lowest BCUT2D eigenvalue weighted by Gasteiger charge is -2.08. The van der Waals surface area contributed by atoms with Gasteiger partial charge in [0.15, 0.2) is 0 Å². The third kappa shape index (κ3) is 6.83. The Hall–Kier alpha value is -1.96. The largest absolute Gasteiger partial charge is 0.481 e. The van der Waals surface area contributed by atoms with Crippen LogP contribution >= 0.6 is 11.8 Å². The van der Waals surface area contributed by atoms with Gasteiger partial charge in [0, 0.05) is 5.25 Å². The van der Waals surface area contributed by atoms with E-state index in [0.29, 0.717) is 5.76 Å². The molecule has 1 aromatic heterocycles. The fourth-order valence-corrected chi connectivity index (χ4v) is 2.08. The number of carbonyl (C=O) groups excluding carboxylic acids is 2. The van der Waals surface area contributed by atoms with E-state index in [1.54, 1.807) is 19.1 Å². The molecule has 0 saturated heterocycles. The second kappa shape index (κ2) is 8.26. The molecule has 1 aromatic rings. The standard InChI is InChI=1S/C12H16N2O5S/c1-8(5-11(16)17)20-7-10(15)14-12(18)13-6-9-3-2-4-19-9/h2-4,8H,5-7H2,1H3,(H,16,17)(H2,13,14,15,18). The van der Waals surface area contributed by atoms with Gasteiger partial charge in [-0.1, -0.05) is 6.92 Å². The van der Waals surface area contributed by atoms with Crippen LogP contribution in [0.3, 0.4) is 0 Å². The maximum Gasteiger partial charge on any atom is 0.321 e. The lowest BCUT2D eigenvalue weighted by molar-refractivity contribution is -0.136. The first-order chi connectivity index (χ1) is 9.47. The van der Waals surface area contributed by atoms with Gasteiger partial charge < -0.3 is 14.8 Å². The van der Waals surface area contributed by atoms with Crippen LogP contribution in [0, 0.1) is 0 Å². The van der Waals surface area contributed by atoms with E-state index >= 15 is 0 Å². The number of amides is 3. The van der Waals surface area contributed by atoms with Crippen LogP contribution < -0.4 is 10.6 Å². The molecule has 20 heavy (non-hydrogen) atoms. The zero-order valence-corrected chi connectivity index (χ0v) is 11.7. The quantitative estimate of drug-likeness (QED) is 0.698. The zero-order chi connectivity index (χ0) is 15.0. The molecule has 0 aliphatic carbocycles. The van der Waals surface area contributed by atoms with Gasteiger partial charge in [0.05, 0.1) is 25.0 Å². The second-order valence-electron chi connectivity index (χ2n) is 4.03. The van der Waals surface area contributed by atoms with Crippen LogP contribution in [0.25, 0.3) is 0 Å². The molecule has 1 heterocycles. The van der Waals surface area contributed by atoms with Crippen molar-refractivity contribution in [2.75, 3.05) is 5.75 Å². The monoisotopic (exact) mass is 300 g/mol. The first-order valence-corrected chi connectivity index (χ1v) is 6.95. The SMILES string of the molecule is CC(CC(=O)O)SCC(=O)NC(=O)NCc1ccco1. The number of hydrogen-bond acceptors (Lipinski definition) is 5. The highest BCUT2D eigenvalue weighted by Crippen LogP contribution is 2.13. The maximum atomic E-state index is 11.4. The summed E-state index contributed by atoms with van der Waals surface area (Å²) in [5.74, 6) is -0.773. The van der Waals surface area contributed by atoms with Gasteiger partial charge in [-0.3, -0.25) is 14.9 Å². The van der Waals surface area contributed by atoms with Crippen molar-refractivity contribution in [1.29, 1.82) is 0 Å². The summed E-state index contributed by atoms with van der Waals surface area (Å²) >= 11 is 1.18. The van der Waals surface area contributed by atoms with Crippen molar-refractivity contribution in [2.45, 2.75) is 25.1 Å². The number of urea groups is 1. The van der Waals surface area contributed by atoms with Crippen LogP contribution in [0.1, 0.15) is 19.1 Å². The number of thioether (sulfide) groups is 1. The minimum atomic E-state index is -0.915. The molecule has 0 bridgehead atoms. The van der Waals surface area contributed by atoms with Gasteiger partial charge in [-0.05, 0) is 12.1 Å². The van der Waals surface area contributed by atoms with Gasteiger partial charge >= 0.3 is 12.0 Å². The Morgan fingerprint density at radius 3 is 2.80 bits per heavy atom. The summed E-state index contributed by atoms with van der Waals surface area (Å²) in [6.07, 6.45) is 1.46. The van der Waals surface area contributed by atoms with Crippen LogP contribution in [-0.4, -0.2) is 34.0 Å². The van der Waals surface area contributed by atoms with Gasteiger partial charge in [0.25, 0.3) is 0 Å². The minimum absolute atomic E-state index is 0.0252. The average molecular weight is 300 g/mol. The number of carboxylic acids is 1. The fourth-order valence-electron chi connectivity index (χ4n) is 1.31. The Morgan fingerprint density at radius 2 is 2.20 bits per heavy atom. The molecule has 1 atom stereocenters. The molecule has 0 fully saturated rings. The van der Waals surface area contributed by atoms with Crippen molar-refractivity contribution in [2.24, 2.45) is 0 Å². The molecular weight excluding hydrogens is 284 g/mol. The second-order valence-corrected chi connectivity index (χ2v) is 5.46. The number of carboxylic acid groups (broad SMARTS) is 1. The van der Waals surface area contributed by atoms with E-state index < -0.39 is 17.9 Å². The molecule has 8 heteroatoms. The van der Waals surface area contributed by atoms with Crippen molar-refractivity contribution in [3.8, 4) is 0 Å². The Bertz CT molecular complexity index is 460. The molecule has 0 aliphatic heterocycles. The first-order valence-electron chi connectivity index (χ1n) is 5.91. The summed E-state index contributed by atoms with van der Waals surface area (Å²) < 4.78 is 5.02. The van der Waals surface area contributed by atoms with E-state index in [1.165, 1.54) is 18.0 Å². The third-order valence-electron chi connectivity index (χ3n) is 2.22. The number of furan rings is 1. The molecule has 0 aromatic carbocycles. The minimum Gasteiger partial charge on any atom is -0.481 e. The van der Waals surface area contributed by atoms with Crippen molar-refractivity contribution < 1.29 is 23.9 Å². The number of hydrogen-bond donors (Lipinski definition) is 3. The highest BCUT2D eigenvalue weighted by molar-refractivity contribution is 8.00. The number of nitrogens with one attached hydrogen (secondary N) is 2. The predicted octanol–water partition coefficient (Wildman–Crippen LogP) is 1.20. The number of imide groups is 1. The lowest BCUT2D eigenvalue weighted by atomic mass is 10.3. The molecule has 0 spiro atoms. The Labute approximate surface area is 120 Å². The van der Waals surface area contributed by atoms with Crippen LogP contribution in [0.5, 0.6) is 0 Å². The summed E-state index contributed by atoms with van der Waals surface area (Å²) in [7, 11) is 0. The lowest BCUT2D eigenvalue weighted by Crippen LogP contribution is -2.40. The van der Waals surface area contributed by atoms with E-state index in [4.69, 9.17) is 9.52 Å². The van der Waals surface area contributed by atoms with E-state index in [0.717, 1.165) is 0 Å². The average Bonchev–Trinajstić information content (AvgIpc) is 2.86. The Kier molecular flexibility index (Phi) is 6.65. The van der Waals surface area contributed by atoms with Gasteiger partial charge in [0.1, 0.15) is 5.76 Å². The van der Waals surface area contributed by atoms with E-state index in [9.17, 15) is 14.4 Å². The highest BCUT2D eigenvalue weighted by atomic mass is 32.2. The van der Waals surface area contributed by atoms with Gasteiger partial charge in [-0.25, -0.2) is 4.79 Å². The molecule has 1 unspecified atom stereocenters. The smallest absolute Gasteiger partial charge is 0.321 e. The molecule has 3 N–H and O–H groups in total. The first kappa shape index (κ1) is 16.1. The van der Waals surface area contributed by atoms with Crippen LogP contribution in [-0.2, 0) is 16.1 Å². The summed E-state index contributed by atoms with van der Waals surface area (Å²) in [5, 5.41) is 13.0. The number of rotatable bonds is 7. The molecule has 0 radical (unpaired) electrons. The third-order valence-corrected chi connectivity index (χ3v) is 3.38. The Morgan fingerprint density at radius 1 is 1.45 bits per heavy atom. The zero-order valence-electron chi connectivity index (χ0n) is 10.9. The van der Waals surface area contributed by atoms with Crippen molar-refractivity contribution in [3.63, 3.8) is 0 Å². The summed E-state index contributed by atoms with van der Waals surface area (Å²) in [4.78, 5) is 33.3. The molecular formula is C12H16N2O5S. The molecule has 7 nitrogen and oxygen atoms in total. The van der Waals surface area contributed by atoms with Crippen LogP contribution in [0.15, 0.2) is 22.8 Å². The van der Waals surface area contributed by atoms with E-state index in [1.807, 2.05) is 0 Å². The molecule has 1 rings (SSSR count). The van der Waals surface area contributed by atoms with Crippen molar-refractivity contribution in [1.82, 2.24) is 10.6 Å². The highest BCUT2D eigenvalue weighted by Gasteiger charge is 2.12. The topological polar surface area (TPSA) is 109 Å². The van der Waals surface area contributed by atoms with Gasteiger partial charge in [-0.15, -0.1) is 11.8 Å². The molecule has 3 amide bonds. The number of aliphatic carboxylic acids is 1. The summed E-state index contributed by atoms with van der Waals surface area (Å²) in [6.45, 7) is 1.90.